The number of nitrogens with zero attached hydrogens (tertiary/aromatic N) is 3. The summed E-state index contributed by atoms with van der Waals surface area (Å²) in [6.45, 7) is 4.49. The summed E-state index contributed by atoms with van der Waals surface area (Å²) in [6.07, 6.45) is 5.94. The lowest BCUT2D eigenvalue weighted by atomic mass is 10.1. The Morgan fingerprint density at radius 3 is 3.15 bits per heavy atom. The van der Waals surface area contributed by atoms with Crippen molar-refractivity contribution >= 4 is 5.91 Å². The summed E-state index contributed by atoms with van der Waals surface area (Å²) in [5.41, 5.74) is 1.68. The van der Waals surface area contributed by atoms with Crippen molar-refractivity contribution in [2.24, 2.45) is 0 Å². The van der Waals surface area contributed by atoms with Crippen LogP contribution in [0.15, 0.2) is 16.9 Å². The van der Waals surface area contributed by atoms with E-state index in [1.165, 1.54) is 0 Å². The molecule has 3 heterocycles. The van der Waals surface area contributed by atoms with E-state index >= 15 is 0 Å². The van der Waals surface area contributed by atoms with Crippen molar-refractivity contribution in [3.63, 3.8) is 0 Å². The van der Waals surface area contributed by atoms with Crippen LogP contribution in [0.2, 0.25) is 0 Å². The highest BCUT2D eigenvalue weighted by Gasteiger charge is 2.21. The van der Waals surface area contributed by atoms with Gasteiger partial charge in [0, 0.05) is 37.0 Å². The van der Waals surface area contributed by atoms with Crippen molar-refractivity contribution in [3.8, 4) is 0 Å². The summed E-state index contributed by atoms with van der Waals surface area (Å²) in [7, 11) is 0. The van der Waals surface area contributed by atoms with Gasteiger partial charge < -0.3 is 14.4 Å². The molecule has 1 aliphatic rings. The lowest BCUT2D eigenvalue weighted by molar-refractivity contribution is -0.121. The van der Waals surface area contributed by atoms with Gasteiger partial charge in [-0.25, -0.2) is 4.98 Å². The Labute approximate surface area is 117 Å². The van der Waals surface area contributed by atoms with Gasteiger partial charge in [-0.2, -0.15) is 0 Å². The van der Waals surface area contributed by atoms with Gasteiger partial charge in [-0.05, 0) is 20.3 Å². The normalized spacial score (nSPS) is 17.8. The molecule has 0 fully saturated rings. The number of imidazole rings is 1. The molecule has 2 aromatic rings. The largest absolute Gasteiger partial charge is 0.361 e. The third-order valence-corrected chi connectivity index (χ3v) is 3.82. The summed E-state index contributed by atoms with van der Waals surface area (Å²) < 4.78 is 7.18. The monoisotopic (exact) mass is 274 g/mol. The van der Waals surface area contributed by atoms with Crippen molar-refractivity contribution in [2.75, 3.05) is 0 Å². The second-order valence-corrected chi connectivity index (χ2v) is 5.28. The maximum atomic E-state index is 12.1. The predicted octanol–water partition coefficient (Wildman–Crippen LogP) is 1.16. The van der Waals surface area contributed by atoms with E-state index in [4.69, 9.17) is 4.52 Å². The molecule has 0 spiro atoms. The number of aryl methyl sites for hydroxylation is 3. The molecule has 1 atom stereocenters. The van der Waals surface area contributed by atoms with E-state index in [9.17, 15) is 4.79 Å². The first-order chi connectivity index (χ1) is 9.63. The van der Waals surface area contributed by atoms with Crippen LogP contribution >= 0.6 is 0 Å². The summed E-state index contributed by atoms with van der Waals surface area (Å²) in [4.78, 5) is 16.4. The van der Waals surface area contributed by atoms with Crippen molar-refractivity contribution in [1.82, 2.24) is 20.0 Å². The highest BCUT2D eigenvalue weighted by atomic mass is 16.5. The van der Waals surface area contributed by atoms with Gasteiger partial charge in [-0.3, -0.25) is 4.79 Å². The molecule has 0 aromatic carbocycles. The zero-order valence-corrected chi connectivity index (χ0v) is 11.7. The van der Waals surface area contributed by atoms with Crippen LogP contribution in [-0.2, 0) is 24.2 Å². The van der Waals surface area contributed by atoms with Gasteiger partial charge in [-0.15, -0.1) is 0 Å². The van der Waals surface area contributed by atoms with Crippen molar-refractivity contribution in [1.29, 1.82) is 0 Å². The minimum Gasteiger partial charge on any atom is -0.361 e. The molecule has 0 saturated heterocycles. The third kappa shape index (κ3) is 2.45. The second kappa shape index (κ2) is 5.11. The Morgan fingerprint density at radius 2 is 2.40 bits per heavy atom. The number of carbonyl (C=O) groups is 1. The van der Waals surface area contributed by atoms with Crippen LogP contribution in [0.3, 0.4) is 0 Å². The lowest BCUT2D eigenvalue weighted by Gasteiger charge is -2.24. The maximum absolute atomic E-state index is 12.1. The number of fused-ring (bicyclic) bond motifs is 1. The second-order valence-electron chi connectivity index (χ2n) is 5.28. The van der Waals surface area contributed by atoms with Gasteiger partial charge in [0.1, 0.15) is 11.6 Å². The van der Waals surface area contributed by atoms with Crippen LogP contribution in [0.5, 0.6) is 0 Å². The van der Waals surface area contributed by atoms with E-state index in [0.717, 1.165) is 42.2 Å². The molecular formula is C14H18N4O2. The van der Waals surface area contributed by atoms with Crippen LogP contribution in [0.4, 0.5) is 0 Å². The topological polar surface area (TPSA) is 73.0 Å². The van der Waals surface area contributed by atoms with Crippen LogP contribution in [-0.4, -0.2) is 26.7 Å². The number of carbonyl (C=O) groups excluding carboxylic acids is 1. The summed E-state index contributed by atoms with van der Waals surface area (Å²) in [5.74, 6) is 1.84. The number of amides is 1. The number of hydrogen-bond acceptors (Lipinski definition) is 4. The Kier molecular flexibility index (Phi) is 3.30. The standard InChI is InChI=1S/C14H18N4O2/c1-9-12(10(2)20-17-9)7-14(19)16-11-3-4-13-15-5-6-18(13)8-11/h5-6,11H,3-4,7-8H2,1-2H3,(H,16,19)/t11-/m0/s1. The molecule has 1 N–H and O–H groups in total. The van der Waals surface area contributed by atoms with E-state index in [1.807, 2.05) is 26.2 Å². The van der Waals surface area contributed by atoms with E-state index < -0.39 is 0 Å². The van der Waals surface area contributed by atoms with Crippen molar-refractivity contribution < 1.29 is 9.32 Å². The quantitative estimate of drug-likeness (QED) is 0.911. The molecule has 2 aromatic heterocycles. The molecule has 6 heteroatoms. The molecule has 0 aliphatic carbocycles. The Morgan fingerprint density at radius 1 is 1.55 bits per heavy atom. The minimum atomic E-state index is 0.0213. The lowest BCUT2D eigenvalue weighted by Crippen LogP contribution is -2.41. The number of nitrogens with one attached hydrogen (secondary N) is 1. The van der Waals surface area contributed by atoms with Crippen molar-refractivity contribution in [3.05, 3.63) is 35.2 Å². The van der Waals surface area contributed by atoms with Gasteiger partial charge in [0.15, 0.2) is 0 Å². The SMILES string of the molecule is Cc1noc(C)c1CC(=O)N[C@H]1CCc2nccn2C1. The fourth-order valence-electron chi connectivity index (χ4n) is 2.68. The van der Waals surface area contributed by atoms with Crippen molar-refractivity contribution in [2.45, 2.75) is 45.7 Å². The first kappa shape index (κ1) is 12.9. The molecule has 0 saturated carbocycles. The molecule has 0 unspecified atom stereocenters. The zero-order chi connectivity index (χ0) is 14.1. The number of rotatable bonds is 3. The van der Waals surface area contributed by atoms with Crippen LogP contribution in [0, 0.1) is 13.8 Å². The Hall–Kier alpha value is -2.11. The van der Waals surface area contributed by atoms with E-state index in [-0.39, 0.29) is 11.9 Å². The molecule has 106 valence electrons. The highest BCUT2D eigenvalue weighted by molar-refractivity contribution is 5.79. The van der Waals surface area contributed by atoms with Gasteiger partial charge in [0.2, 0.25) is 5.91 Å². The first-order valence-corrected chi connectivity index (χ1v) is 6.84. The van der Waals surface area contributed by atoms with Crippen LogP contribution in [0.25, 0.3) is 0 Å². The average Bonchev–Trinajstić information content (AvgIpc) is 3.00. The summed E-state index contributed by atoms with van der Waals surface area (Å²) in [6, 6.07) is 0.171. The maximum Gasteiger partial charge on any atom is 0.224 e. The smallest absolute Gasteiger partial charge is 0.224 e. The van der Waals surface area contributed by atoms with E-state index in [2.05, 4.69) is 20.0 Å². The zero-order valence-electron chi connectivity index (χ0n) is 11.7. The molecule has 3 rings (SSSR count). The van der Waals surface area contributed by atoms with E-state index in [1.54, 1.807) is 0 Å². The molecule has 0 bridgehead atoms. The van der Waals surface area contributed by atoms with E-state index in [0.29, 0.717) is 6.42 Å². The summed E-state index contributed by atoms with van der Waals surface area (Å²) in [5, 5.41) is 6.96. The molecule has 1 amide bonds. The minimum absolute atomic E-state index is 0.0213. The summed E-state index contributed by atoms with van der Waals surface area (Å²) >= 11 is 0. The van der Waals surface area contributed by atoms with Gasteiger partial charge in [0.25, 0.3) is 0 Å². The van der Waals surface area contributed by atoms with Gasteiger partial charge in [-0.1, -0.05) is 5.16 Å². The van der Waals surface area contributed by atoms with Gasteiger partial charge >= 0.3 is 0 Å². The number of hydrogen-bond donors (Lipinski definition) is 1. The molecule has 0 radical (unpaired) electrons. The molecule has 6 nitrogen and oxygen atoms in total. The van der Waals surface area contributed by atoms with Crippen LogP contribution < -0.4 is 5.32 Å². The molecular weight excluding hydrogens is 256 g/mol. The molecule has 1 aliphatic heterocycles. The predicted molar refractivity (Wildman–Crippen MR) is 72.2 cm³/mol. The Balaban J connectivity index is 1.60. The fourth-order valence-corrected chi connectivity index (χ4v) is 2.68. The highest BCUT2D eigenvalue weighted by Crippen LogP contribution is 2.15. The third-order valence-electron chi connectivity index (χ3n) is 3.82. The Bertz CT molecular complexity index is 609. The first-order valence-electron chi connectivity index (χ1n) is 6.84. The number of aromatic nitrogens is 3. The molecule has 20 heavy (non-hydrogen) atoms. The van der Waals surface area contributed by atoms with Gasteiger partial charge in [0.05, 0.1) is 12.1 Å². The fraction of sp³-hybridized carbons (Fsp3) is 0.500. The van der Waals surface area contributed by atoms with Crippen LogP contribution in [0.1, 0.15) is 29.3 Å². The average molecular weight is 274 g/mol.